The number of fused-ring (bicyclic) bond motifs is 1. The molecule has 0 bridgehead atoms. The van der Waals surface area contributed by atoms with Crippen molar-refractivity contribution in [1.29, 1.82) is 0 Å². The van der Waals surface area contributed by atoms with Crippen LogP contribution < -0.4 is 5.73 Å². The van der Waals surface area contributed by atoms with E-state index in [1.54, 1.807) is 0 Å². The quantitative estimate of drug-likeness (QED) is 0.727. The zero-order valence-corrected chi connectivity index (χ0v) is 8.74. The van der Waals surface area contributed by atoms with Crippen LogP contribution in [0.15, 0.2) is 18.2 Å². The van der Waals surface area contributed by atoms with Crippen LogP contribution in [0.5, 0.6) is 0 Å². The van der Waals surface area contributed by atoms with Crippen molar-refractivity contribution in [2.75, 3.05) is 6.54 Å². The molecule has 1 aromatic carbocycles. The molecule has 0 unspecified atom stereocenters. The molecule has 0 saturated carbocycles. The number of aromatic nitrogens is 3. The van der Waals surface area contributed by atoms with Gasteiger partial charge in [-0.25, -0.2) is 0 Å². The molecule has 0 saturated heterocycles. The second-order valence-corrected chi connectivity index (χ2v) is 3.72. The molecule has 0 atom stereocenters. The summed E-state index contributed by atoms with van der Waals surface area (Å²) < 4.78 is 0. The molecule has 0 radical (unpaired) electrons. The summed E-state index contributed by atoms with van der Waals surface area (Å²) in [5, 5.41) is 10.8. The number of hydrogen-bond acceptors (Lipinski definition) is 3. The van der Waals surface area contributed by atoms with Crippen molar-refractivity contribution in [3.63, 3.8) is 0 Å². The largest absolute Gasteiger partial charge is 0.330 e. The summed E-state index contributed by atoms with van der Waals surface area (Å²) in [7, 11) is 0. The fraction of sp³-hybridized carbons (Fsp3) is 0.455. The van der Waals surface area contributed by atoms with Gasteiger partial charge in [-0.05, 0) is 37.4 Å². The highest BCUT2D eigenvalue weighted by Gasteiger charge is 2.03. The van der Waals surface area contributed by atoms with Gasteiger partial charge in [0.05, 0.1) is 5.52 Å². The molecule has 4 heteroatoms. The summed E-state index contributed by atoms with van der Waals surface area (Å²) in [4.78, 5) is 0. The number of nitrogens with zero attached hydrogens (tertiary/aromatic N) is 2. The highest BCUT2D eigenvalue weighted by Crippen LogP contribution is 2.15. The number of aryl methyl sites for hydroxylation is 1. The summed E-state index contributed by atoms with van der Waals surface area (Å²) in [6.07, 6.45) is 4.52. The Kier molecular flexibility index (Phi) is 3.29. The predicted octanol–water partition coefficient (Wildman–Crippen LogP) is 1.63. The van der Waals surface area contributed by atoms with Crippen molar-refractivity contribution in [2.24, 2.45) is 5.73 Å². The maximum atomic E-state index is 5.45. The van der Waals surface area contributed by atoms with Crippen LogP contribution in [-0.2, 0) is 6.42 Å². The lowest BCUT2D eigenvalue weighted by atomic mass is 10.1. The first-order chi connectivity index (χ1) is 7.42. The normalized spacial score (nSPS) is 11.0. The summed E-state index contributed by atoms with van der Waals surface area (Å²) in [6.45, 7) is 0.786. The Morgan fingerprint density at radius 1 is 1.20 bits per heavy atom. The van der Waals surface area contributed by atoms with Gasteiger partial charge in [-0.1, -0.05) is 23.8 Å². The molecule has 0 fully saturated rings. The molecule has 2 aromatic rings. The van der Waals surface area contributed by atoms with Crippen LogP contribution >= 0.6 is 0 Å². The highest BCUT2D eigenvalue weighted by molar-refractivity contribution is 5.77. The lowest BCUT2D eigenvalue weighted by Crippen LogP contribution is -1.98. The molecule has 4 nitrogen and oxygen atoms in total. The molecular formula is C11H16N4. The molecule has 0 spiro atoms. The van der Waals surface area contributed by atoms with E-state index >= 15 is 0 Å². The minimum Gasteiger partial charge on any atom is -0.330 e. The first kappa shape index (κ1) is 10.1. The number of unbranched alkanes of at least 4 members (excludes halogenated alkanes) is 2. The minimum absolute atomic E-state index is 0.786. The van der Waals surface area contributed by atoms with Crippen molar-refractivity contribution in [1.82, 2.24) is 15.4 Å². The molecule has 0 aliphatic carbocycles. The van der Waals surface area contributed by atoms with Gasteiger partial charge in [0.1, 0.15) is 5.52 Å². The Bertz CT molecular complexity index is 421. The monoisotopic (exact) mass is 204 g/mol. The van der Waals surface area contributed by atoms with Gasteiger partial charge in [0, 0.05) is 0 Å². The Morgan fingerprint density at radius 2 is 2.13 bits per heavy atom. The van der Waals surface area contributed by atoms with Crippen molar-refractivity contribution < 1.29 is 0 Å². The number of rotatable bonds is 5. The Balaban J connectivity index is 2.04. The third-order valence-corrected chi connectivity index (χ3v) is 2.59. The number of aromatic amines is 1. The fourth-order valence-corrected chi connectivity index (χ4v) is 1.77. The zero-order valence-electron chi connectivity index (χ0n) is 8.74. The van der Waals surface area contributed by atoms with Gasteiger partial charge in [-0.2, -0.15) is 0 Å². The summed E-state index contributed by atoms with van der Waals surface area (Å²) >= 11 is 0. The summed E-state index contributed by atoms with van der Waals surface area (Å²) in [5.41, 5.74) is 8.76. The second kappa shape index (κ2) is 4.89. The van der Waals surface area contributed by atoms with E-state index in [2.05, 4.69) is 21.5 Å². The third-order valence-electron chi connectivity index (χ3n) is 2.59. The molecule has 80 valence electrons. The Morgan fingerprint density at radius 3 is 3.00 bits per heavy atom. The first-order valence-electron chi connectivity index (χ1n) is 5.40. The number of benzene rings is 1. The molecule has 1 aromatic heterocycles. The van der Waals surface area contributed by atoms with Gasteiger partial charge < -0.3 is 5.73 Å². The van der Waals surface area contributed by atoms with Crippen molar-refractivity contribution in [2.45, 2.75) is 25.7 Å². The van der Waals surface area contributed by atoms with Crippen LogP contribution in [-0.4, -0.2) is 22.0 Å². The van der Waals surface area contributed by atoms with E-state index in [0.717, 1.165) is 30.4 Å². The van der Waals surface area contributed by atoms with Crippen molar-refractivity contribution in [3.05, 3.63) is 23.8 Å². The van der Waals surface area contributed by atoms with Crippen LogP contribution in [0.2, 0.25) is 0 Å². The SMILES string of the molecule is NCCCCCc1cccc2[nH]nnc12. The number of nitrogens with one attached hydrogen (secondary N) is 1. The number of H-pyrrole nitrogens is 1. The fourth-order valence-electron chi connectivity index (χ4n) is 1.77. The Labute approximate surface area is 88.9 Å². The number of hydrogen-bond donors (Lipinski definition) is 2. The maximum absolute atomic E-state index is 5.45. The van der Waals surface area contributed by atoms with Crippen molar-refractivity contribution in [3.8, 4) is 0 Å². The molecule has 2 rings (SSSR count). The van der Waals surface area contributed by atoms with E-state index in [-0.39, 0.29) is 0 Å². The van der Waals surface area contributed by atoms with E-state index in [4.69, 9.17) is 5.73 Å². The molecule has 0 aliphatic rings. The number of nitrogens with two attached hydrogens (primary N) is 1. The maximum Gasteiger partial charge on any atom is 0.116 e. The third kappa shape index (κ3) is 2.33. The van der Waals surface area contributed by atoms with Gasteiger partial charge in [0.15, 0.2) is 0 Å². The summed E-state index contributed by atoms with van der Waals surface area (Å²) in [6, 6.07) is 6.16. The van der Waals surface area contributed by atoms with Crippen molar-refractivity contribution >= 4 is 11.0 Å². The van der Waals surface area contributed by atoms with E-state index in [0.29, 0.717) is 0 Å². The van der Waals surface area contributed by atoms with E-state index in [9.17, 15) is 0 Å². The predicted molar refractivity (Wildman–Crippen MR) is 60.5 cm³/mol. The van der Waals surface area contributed by atoms with Gasteiger partial charge in [0.25, 0.3) is 0 Å². The average molecular weight is 204 g/mol. The second-order valence-electron chi connectivity index (χ2n) is 3.72. The zero-order chi connectivity index (χ0) is 10.5. The topological polar surface area (TPSA) is 67.6 Å². The highest BCUT2D eigenvalue weighted by atomic mass is 15.3. The van der Waals surface area contributed by atoms with Gasteiger partial charge in [-0.15, -0.1) is 5.10 Å². The van der Waals surface area contributed by atoms with E-state index in [1.807, 2.05) is 12.1 Å². The van der Waals surface area contributed by atoms with Crippen LogP contribution in [0.3, 0.4) is 0 Å². The standard InChI is InChI=1S/C11H16N4/c12-8-3-1-2-5-9-6-4-7-10-11(9)14-15-13-10/h4,6-7H,1-3,5,8,12H2,(H,13,14,15). The van der Waals surface area contributed by atoms with E-state index < -0.39 is 0 Å². The molecule has 1 heterocycles. The van der Waals surface area contributed by atoms with E-state index in [1.165, 1.54) is 18.4 Å². The molecule has 0 aliphatic heterocycles. The van der Waals surface area contributed by atoms with Crippen LogP contribution in [0, 0.1) is 0 Å². The van der Waals surface area contributed by atoms with Gasteiger partial charge in [0.2, 0.25) is 0 Å². The van der Waals surface area contributed by atoms with Gasteiger partial charge >= 0.3 is 0 Å². The van der Waals surface area contributed by atoms with Crippen LogP contribution in [0.4, 0.5) is 0 Å². The summed E-state index contributed by atoms with van der Waals surface area (Å²) in [5.74, 6) is 0. The van der Waals surface area contributed by atoms with Crippen LogP contribution in [0.1, 0.15) is 24.8 Å². The molecule has 15 heavy (non-hydrogen) atoms. The van der Waals surface area contributed by atoms with Gasteiger partial charge in [-0.3, -0.25) is 5.10 Å². The molecule has 0 amide bonds. The lowest BCUT2D eigenvalue weighted by Gasteiger charge is -2.01. The smallest absolute Gasteiger partial charge is 0.116 e. The molecule has 3 N–H and O–H groups in total. The Hall–Kier alpha value is -1.42. The van der Waals surface area contributed by atoms with Crippen LogP contribution in [0.25, 0.3) is 11.0 Å². The minimum atomic E-state index is 0.786. The average Bonchev–Trinajstić information content (AvgIpc) is 2.73. The lowest BCUT2D eigenvalue weighted by molar-refractivity contribution is 0.688. The molecular weight excluding hydrogens is 188 g/mol. The first-order valence-corrected chi connectivity index (χ1v) is 5.40.